The predicted molar refractivity (Wildman–Crippen MR) is 69.9 cm³/mol. The Balaban J connectivity index is 1.90. The number of carbonyl (C=O) groups is 1. The molecule has 0 aromatic heterocycles. The third-order valence-electron chi connectivity index (χ3n) is 3.19. The molecular weight excluding hydrogens is 265 g/mol. The number of amides is 1. The van der Waals surface area contributed by atoms with Gasteiger partial charge in [0.05, 0.1) is 25.4 Å². The van der Waals surface area contributed by atoms with Crippen molar-refractivity contribution in [2.45, 2.75) is 19.1 Å². The average molecular weight is 283 g/mol. The molecular formula is C14H18FNO4. The molecule has 2 rings (SSSR count). The second-order valence-corrected chi connectivity index (χ2v) is 4.78. The van der Waals surface area contributed by atoms with E-state index in [1.54, 1.807) is 11.0 Å². The molecule has 1 amide bonds. The van der Waals surface area contributed by atoms with Crippen LogP contribution in [0.3, 0.4) is 0 Å². The summed E-state index contributed by atoms with van der Waals surface area (Å²) in [6.07, 6.45) is -0.357. The van der Waals surface area contributed by atoms with Crippen molar-refractivity contribution in [2.75, 3.05) is 26.4 Å². The van der Waals surface area contributed by atoms with Crippen LogP contribution in [0.2, 0.25) is 0 Å². The first-order chi connectivity index (χ1) is 9.60. The zero-order valence-corrected chi connectivity index (χ0v) is 11.3. The highest BCUT2D eigenvalue weighted by Gasteiger charge is 2.29. The first-order valence-electron chi connectivity index (χ1n) is 6.50. The Morgan fingerprint density at radius 2 is 2.40 bits per heavy atom. The maximum absolute atomic E-state index is 13.0. The van der Waals surface area contributed by atoms with Crippen LogP contribution in [0, 0.1) is 5.82 Å². The second kappa shape index (κ2) is 6.67. The standard InChI is InChI=1S/C14H18FNO4/c1-10-8-19-13(7-17)6-16(10)14(18)9-20-12-4-2-3-11(15)5-12/h2-5,10,13,17H,6-9H2,1H3. The van der Waals surface area contributed by atoms with Gasteiger partial charge >= 0.3 is 0 Å². The summed E-state index contributed by atoms with van der Waals surface area (Å²) in [5, 5.41) is 9.08. The fraction of sp³-hybridized carbons (Fsp3) is 0.500. The third-order valence-corrected chi connectivity index (χ3v) is 3.19. The zero-order valence-electron chi connectivity index (χ0n) is 11.3. The van der Waals surface area contributed by atoms with E-state index in [1.807, 2.05) is 6.92 Å². The lowest BCUT2D eigenvalue weighted by molar-refractivity contribution is -0.148. The molecule has 110 valence electrons. The highest BCUT2D eigenvalue weighted by molar-refractivity contribution is 5.78. The molecule has 0 saturated carbocycles. The van der Waals surface area contributed by atoms with Crippen LogP contribution in [0.25, 0.3) is 0 Å². The summed E-state index contributed by atoms with van der Waals surface area (Å²) in [4.78, 5) is 13.7. The van der Waals surface area contributed by atoms with Crippen molar-refractivity contribution in [3.8, 4) is 5.75 Å². The second-order valence-electron chi connectivity index (χ2n) is 4.78. The summed E-state index contributed by atoms with van der Waals surface area (Å²) >= 11 is 0. The molecule has 0 radical (unpaired) electrons. The van der Waals surface area contributed by atoms with E-state index in [9.17, 15) is 9.18 Å². The van der Waals surface area contributed by atoms with Crippen molar-refractivity contribution in [2.24, 2.45) is 0 Å². The molecule has 1 saturated heterocycles. The zero-order chi connectivity index (χ0) is 14.5. The minimum absolute atomic E-state index is 0.0681. The summed E-state index contributed by atoms with van der Waals surface area (Å²) in [5.74, 6) is -0.295. The number of ether oxygens (including phenoxy) is 2. The van der Waals surface area contributed by atoms with Crippen LogP contribution in [0.4, 0.5) is 4.39 Å². The Morgan fingerprint density at radius 1 is 1.60 bits per heavy atom. The molecule has 20 heavy (non-hydrogen) atoms. The average Bonchev–Trinajstić information content (AvgIpc) is 2.45. The van der Waals surface area contributed by atoms with Crippen molar-refractivity contribution in [3.05, 3.63) is 30.1 Å². The molecule has 1 N–H and O–H groups in total. The first-order valence-corrected chi connectivity index (χ1v) is 6.50. The number of aliphatic hydroxyl groups excluding tert-OH is 1. The monoisotopic (exact) mass is 283 g/mol. The van der Waals surface area contributed by atoms with Gasteiger partial charge in [-0.3, -0.25) is 4.79 Å². The van der Waals surface area contributed by atoms with Gasteiger partial charge in [0.15, 0.2) is 6.61 Å². The van der Waals surface area contributed by atoms with Gasteiger partial charge in [-0.25, -0.2) is 4.39 Å². The predicted octanol–water partition coefficient (Wildman–Crippen LogP) is 0.813. The molecule has 2 atom stereocenters. The molecule has 5 nitrogen and oxygen atoms in total. The maximum Gasteiger partial charge on any atom is 0.260 e. The van der Waals surface area contributed by atoms with Crippen LogP contribution >= 0.6 is 0 Å². The molecule has 2 unspecified atom stereocenters. The number of halogens is 1. The van der Waals surface area contributed by atoms with Gasteiger partial charge < -0.3 is 19.5 Å². The number of hydrogen-bond acceptors (Lipinski definition) is 4. The van der Waals surface area contributed by atoms with Gasteiger partial charge in [-0.1, -0.05) is 6.07 Å². The summed E-state index contributed by atoms with van der Waals surface area (Å²) in [5.41, 5.74) is 0. The SMILES string of the molecule is CC1COC(CO)CN1C(=O)COc1cccc(F)c1. The van der Waals surface area contributed by atoms with Crippen LogP contribution in [0.5, 0.6) is 5.75 Å². The van der Waals surface area contributed by atoms with Crippen molar-refractivity contribution in [1.29, 1.82) is 0 Å². The number of nitrogens with zero attached hydrogens (tertiary/aromatic N) is 1. The van der Waals surface area contributed by atoms with E-state index in [0.717, 1.165) is 0 Å². The highest BCUT2D eigenvalue weighted by Crippen LogP contribution is 2.14. The maximum atomic E-state index is 13.0. The molecule has 6 heteroatoms. The molecule has 1 aromatic rings. The largest absolute Gasteiger partial charge is 0.484 e. The summed E-state index contributed by atoms with van der Waals surface area (Å²) in [6, 6.07) is 5.59. The molecule has 1 aromatic carbocycles. The Kier molecular flexibility index (Phi) is 4.92. The fourth-order valence-electron chi connectivity index (χ4n) is 2.06. The number of hydrogen-bond donors (Lipinski definition) is 1. The van der Waals surface area contributed by atoms with E-state index in [-0.39, 0.29) is 31.3 Å². The lowest BCUT2D eigenvalue weighted by Gasteiger charge is -2.37. The third kappa shape index (κ3) is 3.68. The summed E-state index contributed by atoms with van der Waals surface area (Å²) < 4.78 is 23.6. The van der Waals surface area contributed by atoms with Gasteiger partial charge in [0.1, 0.15) is 11.6 Å². The molecule has 0 aliphatic carbocycles. The van der Waals surface area contributed by atoms with Gasteiger partial charge in [0.25, 0.3) is 5.91 Å². The van der Waals surface area contributed by atoms with E-state index >= 15 is 0 Å². The summed E-state index contributed by atoms with van der Waals surface area (Å²) in [6.45, 7) is 2.31. The molecule has 0 spiro atoms. The van der Waals surface area contributed by atoms with Gasteiger partial charge in [-0.2, -0.15) is 0 Å². The van der Waals surface area contributed by atoms with E-state index in [0.29, 0.717) is 18.9 Å². The topological polar surface area (TPSA) is 59.0 Å². The smallest absolute Gasteiger partial charge is 0.260 e. The molecule has 1 heterocycles. The van der Waals surface area contributed by atoms with Crippen molar-refractivity contribution < 1.29 is 23.8 Å². The van der Waals surface area contributed by atoms with Gasteiger partial charge in [-0.15, -0.1) is 0 Å². The normalized spacial score (nSPS) is 22.6. The highest BCUT2D eigenvalue weighted by atomic mass is 19.1. The fourth-order valence-corrected chi connectivity index (χ4v) is 2.06. The van der Waals surface area contributed by atoms with Crippen LogP contribution in [0.1, 0.15) is 6.92 Å². The number of benzene rings is 1. The molecule has 1 fully saturated rings. The Labute approximate surface area is 116 Å². The van der Waals surface area contributed by atoms with Gasteiger partial charge in [0.2, 0.25) is 0 Å². The summed E-state index contributed by atoms with van der Waals surface area (Å²) in [7, 11) is 0. The lowest BCUT2D eigenvalue weighted by atomic mass is 10.2. The van der Waals surface area contributed by atoms with E-state index in [4.69, 9.17) is 14.6 Å². The first kappa shape index (κ1) is 14.7. The Hall–Kier alpha value is -1.66. The van der Waals surface area contributed by atoms with E-state index < -0.39 is 5.82 Å². The lowest BCUT2D eigenvalue weighted by Crippen LogP contribution is -2.53. The molecule has 0 bridgehead atoms. The quantitative estimate of drug-likeness (QED) is 0.888. The van der Waals surface area contributed by atoms with Crippen LogP contribution in [-0.4, -0.2) is 54.4 Å². The Morgan fingerprint density at radius 3 is 3.10 bits per heavy atom. The van der Waals surface area contributed by atoms with Crippen molar-refractivity contribution in [1.82, 2.24) is 4.90 Å². The Bertz CT molecular complexity index is 468. The van der Waals surface area contributed by atoms with E-state index in [2.05, 4.69) is 0 Å². The van der Waals surface area contributed by atoms with Crippen LogP contribution < -0.4 is 4.74 Å². The minimum Gasteiger partial charge on any atom is -0.484 e. The number of rotatable bonds is 4. The number of aliphatic hydroxyl groups is 1. The van der Waals surface area contributed by atoms with Crippen molar-refractivity contribution in [3.63, 3.8) is 0 Å². The number of carbonyl (C=O) groups excluding carboxylic acids is 1. The van der Waals surface area contributed by atoms with Crippen LogP contribution in [0.15, 0.2) is 24.3 Å². The minimum atomic E-state index is -0.407. The van der Waals surface area contributed by atoms with E-state index in [1.165, 1.54) is 18.2 Å². The van der Waals surface area contributed by atoms with Crippen molar-refractivity contribution >= 4 is 5.91 Å². The number of morpholine rings is 1. The van der Waals surface area contributed by atoms with Gasteiger partial charge in [0, 0.05) is 12.6 Å². The van der Waals surface area contributed by atoms with Gasteiger partial charge in [-0.05, 0) is 19.1 Å². The molecule has 1 aliphatic rings. The molecule has 1 aliphatic heterocycles. The van der Waals surface area contributed by atoms with Crippen LogP contribution in [-0.2, 0) is 9.53 Å².